The summed E-state index contributed by atoms with van der Waals surface area (Å²) in [6.45, 7) is 14.4. The number of nitrogens with zero attached hydrogens (tertiary/aromatic N) is 5. The highest BCUT2D eigenvalue weighted by atomic mass is 32.2. The van der Waals surface area contributed by atoms with Crippen LogP contribution < -0.4 is 4.90 Å². The van der Waals surface area contributed by atoms with Crippen molar-refractivity contribution in [2.45, 2.75) is 51.6 Å². The van der Waals surface area contributed by atoms with E-state index >= 15 is 0 Å². The molecule has 0 bridgehead atoms. The molecule has 180 valence electrons. The van der Waals surface area contributed by atoms with Crippen LogP contribution in [0.25, 0.3) is 4.85 Å². The van der Waals surface area contributed by atoms with Gasteiger partial charge >= 0.3 is 0 Å². The molecule has 0 saturated carbocycles. The van der Waals surface area contributed by atoms with Gasteiger partial charge in [-0.2, -0.15) is 0 Å². The first-order valence-corrected chi connectivity index (χ1v) is 13.2. The van der Waals surface area contributed by atoms with Crippen LogP contribution in [0.4, 0.5) is 11.4 Å². The van der Waals surface area contributed by atoms with Crippen molar-refractivity contribution < 1.29 is 13.2 Å². The summed E-state index contributed by atoms with van der Waals surface area (Å²) in [5, 5.41) is 0.437. The summed E-state index contributed by atoms with van der Waals surface area (Å²) in [7, 11) is 0.578. The molecule has 1 aromatic carbocycles. The predicted molar refractivity (Wildman–Crippen MR) is 135 cm³/mol. The Morgan fingerprint density at radius 1 is 1.24 bits per heavy atom. The van der Waals surface area contributed by atoms with Crippen molar-refractivity contribution in [3.63, 3.8) is 0 Å². The number of aryl methyl sites for hydroxylation is 1. The minimum Gasteiger partial charge on any atom is -0.331 e. The fourth-order valence-electron chi connectivity index (χ4n) is 4.63. The van der Waals surface area contributed by atoms with Crippen LogP contribution in [0.5, 0.6) is 0 Å². The Balaban J connectivity index is 1.74. The first-order chi connectivity index (χ1) is 15.4. The first kappa shape index (κ1) is 25.6. The molecule has 33 heavy (non-hydrogen) atoms. The second kappa shape index (κ2) is 9.66. The molecule has 1 amide bonds. The Hall–Kier alpha value is -2.06. The van der Waals surface area contributed by atoms with Crippen molar-refractivity contribution in [2.75, 3.05) is 44.4 Å². The van der Waals surface area contributed by atoms with Crippen molar-refractivity contribution in [3.05, 3.63) is 35.2 Å². The minimum absolute atomic E-state index is 0.0155. The van der Waals surface area contributed by atoms with Crippen LogP contribution >= 0.6 is 12.2 Å². The van der Waals surface area contributed by atoms with Gasteiger partial charge in [0.25, 0.3) is 5.91 Å². The molecule has 0 unspecified atom stereocenters. The Kier molecular flexibility index (Phi) is 7.49. The highest BCUT2D eigenvalue weighted by molar-refractivity contribution is 7.89. The molecule has 0 N–H and O–H groups in total. The topological polar surface area (TPSA) is 68.5 Å². The molecule has 3 rings (SSSR count). The van der Waals surface area contributed by atoms with Crippen molar-refractivity contribution >= 4 is 44.6 Å². The number of hydrogen-bond donors (Lipinski definition) is 0. The zero-order valence-corrected chi connectivity index (χ0v) is 21.7. The lowest BCUT2D eigenvalue weighted by molar-refractivity contribution is -0.124. The summed E-state index contributed by atoms with van der Waals surface area (Å²) >= 11 is 5.77. The number of hydrogen-bond acceptors (Lipinski definition) is 5. The number of thiocarbonyl (C=S) groups is 1. The molecule has 2 aliphatic rings. The lowest BCUT2D eigenvalue weighted by atomic mass is 9.97. The number of sulfonamides is 1. The van der Waals surface area contributed by atoms with Gasteiger partial charge in [0.15, 0.2) is 10.8 Å². The number of amides is 1. The number of anilines is 1. The van der Waals surface area contributed by atoms with Crippen LogP contribution in [0.2, 0.25) is 0 Å². The van der Waals surface area contributed by atoms with Crippen LogP contribution in [0.15, 0.2) is 18.2 Å². The largest absolute Gasteiger partial charge is 0.331 e. The Bertz CT molecular complexity index is 1070. The first-order valence-electron chi connectivity index (χ1n) is 11.2. The summed E-state index contributed by atoms with van der Waals surface area (Å²) in [5.41, 5.74) is 1.17. The van der Waals surface area contributed by atoms with Gasteiger partial charge in [0.2, 0.25) is 10.0 Å². The van der Waals surface area contributed by atoms with Crippen LogP contribution in [0.1, 0.15) is 38.7 Å². The smallest absolute Gasteiger partial charge is 0.258 e. The fraction of sp³-hybridized carbons (Fsp3) is 0.609. The number of rotatable bonds is 7. The molecule has 0 aliphatic carbocycles. The van der Waals surface area contributed by atoms with E-state index in [1.165, 1.54) is 0 Å². The number of carbonyl (C=O) groups is 1. The molecule has 8 nitrogen and oxygen atoms in total. The molecule has 1 aromatic rings. The van der Waals surface area contributed by atoms with Gasteiger partial charge in [-0.05, 0) is 90.6 Å². The van der Waals surface area contributed by atoms with E-state index in [0.717, 1.165) is 12.1 Å². The van der Waals surface area contributed by atoms with Gasteiger partial charge in [-0.15, -0.1) is 0 Å². The van der Waals surface area contributed by atoms with Crippen molar-refractivity contribution in [1.29, 1.82) is 0 Å². The summed E-state index contributed by atoms with van der Waals surface area (Å²) in [4.78, 5) is 22.4. The maximum atomic E-state index is 13.4. The molecule has 2 saturated heterocycles. The van der Waals surface area contributed by atoms with Crippen molar-refractivity contribution in [2.24, 2.45) is 0 Å². The van der Waals surface area contributed by atoms with E-state index in [2.05, 4.69) is 4.85 Å². The van der Waals surface area contributed by atoms with Crippen LogP contribution in [-0.2, 0) is 14.8 Å². The molecule has 0 radical (unpaired) electrons. The lowest BCUT2D eigenvalue weighted by Crippen LogP contribution is -2.54. The SMILES string of the molecule is [C-]#[N+]c1ccc(N2C(=O)C(C)(C)N(C3CCN(S(=O)(=O)CCCN(C)C)CC3)C2=S)cc1C. The minimum atomic E-state index is -3.29. The summed E-state index contributed by atoms with van der Waals surface area (Å²) < 4.78 is 27.1. The molecular weight excluding hydrogens is 458 g/mol. The van der Waals surface area contributed by atoms with E-state index in [9.17, 15) is 13.2 Å². The van der Waals surface area contributed by atoms with Gasteiger partial charge in [-0.25, -0.2) is 17.6 Å². The third kappa shape index (κ3) is 5.06. The zero-order chi connectivity index (χ0) is 24.6. The van der Waals surface area contributed by atoms with Gasteiger partial charge in [0.05, 0.1) is 12.3 Å². The predicted octanol–water partition coefficient (Wildman–Crippen LogP) is 3.00. The van der Waals surface area contributed by atoms with Gasteiger partial charge in [0, 0.05) is 24.8 Å². The quantitative estimate of drug-likeness (QED) is 0.432. The van der Waals surface area contributed by atoms with Gasteiger partial charge in [-0.3, -0.25) is 9.69 Å². The molecule has 2 aliphatic heterocycles. The standard InChI is InChI=1S/C23H33N5O3S2/c1-17-16-19(8-9-20(17)24-4)27-21(29)23(2,3)28(22(27)32)18-10-13-26(14-11-18)33(30,31)15-7-12-25(5)6/h8-9,16,18H,7,10-15H2,1-3,5-6H3. The molecule has 0 aromatic heterocycles. The highest BCUT2D eigenvalue weighted by Gasteiger charge is 2.52. The fourth-order valence-corrected chi connectivity index (χ4v) is 6.71. The highest BCUT2D eigenvalue weighted by Crippen LogP contribution is 2.37. The Morgan fingerprint density at radius 2 is 1.88 bits per heavy atom. The summed E-state index contributed by atoms with van der Waals surface area (Å²) in [6.07, 6.45) is 1.84. The molecule has 0 atom stereocenters. The summed E-state index contributed by atoms with van der Waals surface area (Å²) in [6, 6.07) is 5.27. The summed E-state index contributed by atoms with van der Waals surface area (Å²) in [5.74, 6) is 0.0385. The monoisotopic (exact) mass is 491 g/mol. The van der Waals surface area contributed by atoms with Crippen molar-refractivity contribution in [1.82, 2.24) is 14.1 Å². The van der Waals surface area contributed by atoms with Gasteiger partial charge in [-0.1, -0.05) is 6.07 Å². The van der Waals surface area contributed by atoms with Crippen molar-refractivity contribution in [3.8, 4) is 0 Å². The average molecular weight is 492 g/mol. The molecule has 0 spiro atoms. The molecule has 2 fully saturated rings. The zero-order valence-electron chi connectivity index (χ0n) is 20.0. The van der Waals surface area contributed by atoms with Crippen LogP contribution in [0, 0.1) is 13.5 Å². The maximum absolute atomic E-state index is 13.4. The van der Waals surface area contributed by atoms with Crippen LogP contribution in [-0.4, -0.2) is 84.6 Å². The maximum Gasteiger partial charge on any atom is 0.258 e. The Labute approximate surface area is 203 Å². The number of benzene rings is 1. The normalized spacial score (nSPS) is 20.0. The second-order valence-corrected chi connectivity index (χ2v) is 12.0. The Morgan fingerprint density at radius 3 is 2.42 bits per heavy atom. The average Bonchev–Trinajstić information content (AvgIpc) is 2.91. The van der Waals surface area contributed by atoms with E-state index in [0.29, 0.717) is 48.8 Å². The van der Waals surface area contributed by atoms with Crippen LogP contribution in [0.3, 0.4) is 0 Å². The molecular formula is C23H33N5O3S2. The lowest BCUT2D eigenvalue weighted by Gasteiger charge is -2.41. The second-order valence-electron chi connectivity index (χ2n) is 9.54. The number of piperidine rings is 1. The third-order valence-electron chi connectivity index (χ3n) is 6.47. The molecule has 2 heterocycles. The number of carbonyl (C=O) groups excluding carboxylic acids is 1. The third-order valence-corrected chi connectivity index (χ3v) is 8.81. The van der Waals surface area contributed by atoms with E-state index in [1.54, 1.807) is 21.3 Å². The van der Waals surface area contributed by atoms with E-state index < -0.39 is 15.6 Å². The molecule has 10 heteroatoms. The van der Waals surface area contributed by atoms with E-state index in [4.69, 9.17) is 18.8 Å². The van der Waals surface area contributed by atoms with Gasteiger partial charge < -0.3 is 9.80 Å². The van der Waals surface area contributed by atoms with Gasteiger partial charge in [0.1, 0.15) is 5.54 Å². The van der Waals surface area contributed by atoms with E-state index in [1.807, 2.05) is 50.7 Å². The van der Waals surface area contributed by atoms with E-state index in [-0.39, 0.29) is 17.7 Å².